The van der Waals surface area contributed by atoms with E-state index in [1.54, 1.807) is 0 Å². The Morgan fingerprint density at radius 3 is 2.80 bits per heavy atom. The molecule has 0 aliphatic carbocycles. The largest absolute Gasteiger partial charge is 0.357 e. The van der Waals surface area contributed by atoms with Crippen molar-refractivity contribution in [2.45, 2.75) is 5.92 Å². The second-order valence-corrected chi connectivity index (χ2v) is 2.97. The van der Waals surface area contributed by atoms with E-state index in [2.05, 4.69) is 35.4 Å². The Balaban J connectivity index is 2.17. The van der Waals surface area contributed by atoms with Gasteiger partial charge < -0.3 is 9.88 Å². The fourth-order valence-electron chi connectivity index (χ4n) is 1.29. The Hall–Kier alpha value is -0.760. The van der Waals surface area contributed by atoms with E-state index in [0.29, 0.717) is 0 Å². The van der Waals surface area contributed by atoms with Crippen molar-refractivity contribution in [3.8, 4) is 0 Å². The number of aryl methyl sites for hydroxylation is 1. The van der Waals surface area contributed by atoms with E-state index in [1.165, 1.54) is 5.56 Å². The quantitative estimate of drug-likeness (QED) is 0.601. The molecule has 1 aromatic heterocycles. The number of hydrogen-bond acceptors (Lipinski definition) is 1. The number of nitrogens with one attached hydrogen (secondary N) is 1. The van der Waals surface area contributed by atoms with Crippen LogP contribution in [0.3, 0.4) is 0 Å². The standard InChI is InChI=1S/C8H12N2/c1-10-3-2-7(6-10)8-4-9-5-8/h2-3,6,8-9H,4-5H2,1H3. The van der Waals surface area contributed by atoms with Gasteiger partial charge in [0.1, 0.15) is 0 Å². The van der Waals surface area contributed by atoms with Gasteiger partial charge >= 0.3 is 0 Å². The van der Waals surface area contributed by atoms with Crippen LogP contribution in [0.5, 0.6) is 0 Å². The minimum absolute atomic E-state index is 0.779. The predicted octanol–water partition coefficient (Wildman–Crippen LogP) is 0.712. The molecule has 0 spiro atoms. The average molecular weight is 136 g/mol. The Morgan fingerprint density at radius 1 is 1.60 bits per heavy atom. The third-order valence-corrected chi connectivity index (χ3v) is 2.11. The summed E-state index contributed by atoms with van der Waals surface area (Å²) in [4.78, 5) is 0. The lowest BCUT2D eigenvalue weighted by Crippen LogP contribution is -2.39. The maximum absolute atomic E-state index is 3.26. The Bertz CT molecular complexity index is 223. The monoisotopic (exact) mass is 136 g/mol. The highest BCUT2D eigenvalue weighted by atomic mass is 15.0. The van der Waals surface area contributed by atoms with E-state index in [9.17, 15) is 0 Å². The molecule has 2 heteroatoms. The van der Waals surface area contributed by atoms with Gasteiger partial charge in [-0.05, 0) is 11.6 Å². The fourth-order valence-corrected chi connectivity index (χ4v) is 1.29. The lowest BCUT2D eigenvalue weighted by atomic mass is 9.97. The summed E-state index contributed by atoms with van der Waals surface area (Å²) in [7, 11) is 2.07. The molecule has 2 nitrogen and oxygen atoms in total. The smallest absolute Gasteiger partial charge is 0.0106 e. The predicted molar refractivity (Wildman–Crippen MR) is 41.0 cm³/mol. The topological polar surface area (TPSA) is 17.0 Å². The summed E-state index contributed by atoms with van der Waals surface area (Å²) in [5.74, 6) is 0.779. The van der Waals surface area contributed by atoms with Crippen molar-refractivity contribution in [2.75, 3.05) is 13.1 Å². The molecule has 2 rings (SSSR count). The van der Waals surface area contributed by atoms with Crippen molar-refractivity contribution >= 4 is 0 Å². The number of rotatable bonds is 1. The first kappa shape index (κ1) is 5.98. The van der Waals surface area contributed by atoms with Crippen LogP contribution in [-0.2, 0) is 7.05 Å². The van der Waals surface area contributed by atoms with Gasteiger partial charge in [0.2, 0.25) is 0 Å². The lowest BCUT2D eigenvalue weighted by Gasteiger charge is -2.26. The van der Waals surface area contributed by atoms with Crippen molar-refractivity contribution in [3.05, 3.63) is 24.0 Å². The zero-order chi connectivity index (χ0) is 6.97. The normalized spacial score (nSPS) is 18.9. The van der Waals surface area contributed by atoms with E-state index in [4.69, 9.17) is 0 Å². The van der Waals surface area contributed by atoms with E-state index in [0.717, 1.165) is 19.0 Å². The summed E-state index contributed by atoms with van der Waals surface area (Å²) in [6.45, 7) is 2.31. The molecule has 0 aromatic carbocycles. The average Bonchev–Trinajstić information content (AvgIpc) is 2.10. The Morgan fingerprint density at radius 2 is 2.40 bits per heavy atom. The minimum Gasteiger partial charge on any atom is -0.357 e. The van der Waals surface area contributed by atoms with Gasteiger partial charge in [-0.25, -0.2) is 0 Å². The van der Waals surface area contributed by atoms with Gasteiger partial charge in [0.15, 0.2) is 0 Å². The molecule has 0 atom stereocenters. The summed E-state index contributed by atoms with van der Waals surface area (Å²) in [6, 6.07) is 2.20. The first-order chi connectivity index (χ1) is 4.86. The van der Waals surface area contributed by atoms with Gasteiger partial charge in [-0.15, -0.1) is 0 Å². The maximum Gasteiger partial charge on any atom is 0.0106 e. The maximum atomic E-state index is 3.26. The van der Waals surface area contributed by atoms with Crippen molar-refractivity contribution < 1.29 is 0 Å². The number of aromatic nitrogens is 1. The fraction of sp³-hybridized carbons (Fsp3) is 0.500. The molecule has 10 heavy (non-hydrogen) atoms. The highest BCUT2D eigenvalue weighted by Crippen LogP contribution is 2.18. The summed E-state index contributed by atoms with van der Waals surface area (Å²) < 4.78 is 2.10. The molecule has 54 valence electrons. The molecule has 0 radical (unpaired) electrons. The van der Waals surface area contributed by atoms with Crippen LogP contribution in [-0.4, -0.2) is 17.7 Å². The third-order valence-electron chi connectivity index (χ3n) is 2.11. The van der Waals surface area contributed by atoms with E-state index in [-0.39, 0.29) is 0 Å². The molecule has 1 aromatic rings. The molecule has 1 aliphatic rings. The van der Waals surface area contributed by atoms with E-state index >= 15 is 0 Å². The van der Waals surface area contributed by atoms with Gasteiger partial charge in [0, 0.05) is 38.4 Å². The van der Waals surface area contributed by atoms with Crippen LogP contribution in [0.1, 0.15) is 11.5 Å². The molecule has 1 fully saturated rings. The highest BCUT2D eigenvalue weighted by Gasteiger charge is 2.18. The second-order valence-electron chi connectivity index (χ2n) is 2.97. The van der Waals surface area contributed by atoms with Gasteiger partial charge in [0.25, 0.3) is 0 Å². The van der Waals surface area contributed by atoms with Gasteiger partial charge in [-0.2, -0.15) is 0 Å². The van der Waals surface area contributed by atoms with Gasteiger partial charge in [0.05, 0.1) is 0 Å². The Labute approximate surface area is 60.9 Å². The third kappa shape index (κ3) is 0.847. The Kier molecular flexibility index (Phi) is 1.27. The minimum atomic E-state index is 0.779. The summed E-state index contributed by atoms with van der Waals surface area (Å²) in [5, 5.41) is 3.26. The van der Waals surface area contributed by atoms with Crippen LogP contribution in [0.2, 0.25) is 0 Å². The van der Waals surface area contributed by atoms with Crippen LogP contribution in [0.25, 0.3) is 0 Å². The van der Waals surface area contributed by atoms with Crippen LogP contribution in [0.15, 0.2) is 18.5 Å². The van der Waals surface area contributed by atoms with E-state index in [1.807, 2.05) is 0 Å². The number of nitrogens with zero attached hydrogens (tertiary/aromatic N) is 1. The van der Waals surface area contributed by atoms with Gasteiger partial charge in [-0.3, -0.25) is 0 Å². The van der Waals surface area contributed by atoms with Crippen LogP contribution < -0.4 is 5.32 Å². The summed E-state index contributed by atoms with van der Waals surface area (Å²) in [5.41, 5.74) is 1.47. The highest BCUT2D eigenvalue weighted by molar-refractivity contribution is 5.19. The van der Waals surface area contributed by atoms with Crippen LogP contribution in [0, 0.1) is 0 Å². The molecule has 0 bridgehead atoms. The molecular weight excluding hydrogens is 124 g/mol. The molecule has 0 saturated carbocycles. The molecule has 2 heterocycles. The van der Waals surface area contributed by atoms with Crippen molar-refractivity contribution in [1.29, 1.82) is 0 Å². The van der Waals surface area contributed by atoms with Crippen molar-refractivity contribution in [1.82, 2.24) is 9.88 Å². The second kappa shape index (κ2) is 2.13. The molecule has 1 N–H and O–H groups in total. The molecule has 1 aliphatic heterocycles. The number of hydrogen-bond donors (Lipinski definition) is 1. The zero-order valence-corrected chi connectivity index (χ0v) is 6.17. The van der Waals surface area contributed by atoms with E-state index < -0.39 is 0 Å². The molecule has 0 amide bonds. The first-order valence-electron chi connectivity index (χ1n) is 3.69. The van der Waals surface area contributed by atoms with Gasteiger partial charge in [-0.1, -0.05) is 0 Å². The van der Waals surface area contributed by atoms with Crippen LogP contribution in [0.4, 0.5) is 0 Å². The zero-order valence-electron chi connectivity index (χ0n) is 6.17. The molecule has 0 unspecified atom stereocenters. The van der Waals surface area contributed by atoms with Crippen molar-refractivity contribution in [3.63, 3.8) is 0 Å². The molecular formula is C8H12N2. The lowest BCUT2D eigenvalue weighted by molar-refractivity contribution is 0.448. The summed E-state index contributed by atoms with van der Waals surface area (Å²) in [6.07, 6.45) is 4.30. The molecule has 1 saturated heterocycles. The van der Waals surface area contributed by atoms with Crippen molar-refractivity contribution in [2.24, 2.45) is 7.05 Å². The SMILES string of the molecule is Cn1ccc(C2CNC2)c1. The van der Waals surface area contributed by atoms with Crippen LogP contribution >= 0.6 is 0 Å². The summed E-state index contributed by atoms with van der Waals surface area (Å²) >= 11 is 0. The first-order valence-corrected chi connectivity index (χ1v) is 3.69.